The molecule has 1 atom stereocenters. The summed E-state index contributed by atoms with van der Waals surface area (Å²) in [5.74, 6) is 0. The molecular weight excluding hydrogens is 305 g/mol. The molecule has 102 valence electrons. The first-order valence-corrected chi connectivity index (χ1v) is 8.09. The Kier molecular flexibility index (Phi) is 2.97. The second kappa shape index (κ2) is 4.30. The van der Waals surface area contributed by atoms with Crippen molar-refractivity contribution in [2.45, 2.75) is 51.4 Å². The molecule has 0 radical (unpaired) electrons. The summed E-state index contributed by atoms with van der Waals surface area (Å²) in [5, 5.41) is 3.62. The van der Waals surface area contributed by atoms with Crippen molar-refractivity contribution in [3.8, 4) is 0 Å². The Morgan fingerprint density at radius 3 is 2.74 bits per heavy atom. The first kappa shape index (κ1) is 13.1. The van der Waals surface area contributed by atoms with Crippen LogP contribution >= 0.6 is 0 Å². The van der Waals surface area contributed by atoms with E-state index >= 15 is 0 Å². The zero-order valence-corrected chi connectivity index (χ0v) is 13.4. The molecule has 0 amide bonds. The summed E-state index contributed by atoms with van der Waals surface area (Å²) in [6.07, 6.45) is 0.992. The molecule has 1 aromatic rings. The molecule has 1 aromatic carbocycles. The van der Waals surface area contributed by atoms with Gasteiger partial charge in [-0.25, -0.2) is 0 Å². The second-order valence-corrected chi connectivity index (χ2v) is 7.41. The van der Waals surface area contributed by atoms with Crippen LogP contribution in [0.2, 0.25) is 0 Å². The van der Waals surface area contributed by atoms with Crippen LogP contribution in [0.5, 0.6) is 0 Å². The minimum absolute atomic E-state index is 0.0150. The molecule has 0 saturated carbocycles. The molecule has 1 fully saturated rings. The van der Waals surface area contributed by atoms with Gasteiger partial charge in [0.2, 0.25) is 0 Å². The molecule has 0 spiro atoms. The normalized spacial score (nSPS) is 26.0. The van der Waals surface area contributed by atoms with Gasteiger partial charge < -0.3 is 0 Å². The summed E-state index contributed by atoms with van der Waals surface area (Å²) in [5.41, 5.74) is 2.86. The van der Waals surface area contributed by atoms with Crippen LogP contribution in [0.3, 0.4) is 0 Å². The van der Waals surface area contributed by atoms with Crippen LogP contribution in [0.15, 0.2) is 26.1 Å². The van der Waals surface area contributed by atoms with E-state index in [2.05, 4.69) is 47.0 Å². The van der Waals surface area contributed by atoms with Gasteiger partial charge in [0.05, 0.1) is 0 Å². The zero-order chi connectivity index (χ0) is 13.7. The molecule has 2 aliphatic rings. The molecule has 19 heavy (non-hydrogen) atoms. The summed E-state index contributed by atoms with van der Waals surface area (Å²) in [4.78, 5) is 0. The van der Waals surface area contributed by atoms with E-state index in [9.17, 15) is 0 Å². The van der Waals surface area contributed by atoms with Crippen LogP contribution < -0.4 is 5.32 Å². The van der Waals surface area contributed by atoms with Gasteiger partial charge in [0.15, 0.2) is 0 Å². The van der Waals surface area contributed by atoms with Gasteiger partial charge in [-0.05, 0) is 0 Å². The van der Waals surface area contributed by atoms with Crippen LogP contribution in [0.4, 0.5) is 17.1 Å². The maximum absolute atomic E-state index is 6.13. The first-order chi connectivity index (χ1) is 8.87. The fraction of sp³-hybridized carbons (Fsp3) is 0.571. The Morgan fingerprint density at radius 1 is 1.26 bits per heavy atom. The van der Waals surface area contributed by atoms with Crippen LogP contribution in [0, 0.1) is 0 Å². The summed E-state index contributed by atoms with van der Waals surface area (Å²) >= 11 is 0.0150. The summed E-state index contributed by atoms with van der Waals surface area (Å²) < 4.78 is 15.1. The number of benzene rings is 1. The number of fused-ring (bicyclic) bond motifs is 1. The topological polar surface area (TPSA) is 46.0 Å². The van der Waals surface area contributed by atoms with Gasteiger partial charge in [-0.2, -0.15) is 0 Å². The van der Waals surface area contributed by atoms with E-state index < -0.39 is 0 Å². The number of nitrogens with one attached hydrogen (secondary N) is 1. The zero-order valence-electron chi connectivity index (χ0n) is 11.7. The van der Waals surface area contributed by atoms with Crippen LogP contribution in [0.1, 0.15) is 34.1 Å². The van der Waals surface area contributed by atoms with Crippen molar-refractivity contribution in [1.82, 2.24) is 0 Å². The van der Waals surface area contributed by atoms with Gasteiger partial charge in [-0.15, -0.1) is 0 Å². The summed E-state index contributed by atoms with van der Waals surface area (Å²) in [6, 6.07) is 6.44. The minimum atomic E-state index is -0.173. The van der Waals surface area contributed by atoms with E-state index in [0.29, 0.717) is 0 Å². The maximum atomic E-state index is 6.13. The third-order valence-corrected chi connectivity index (χ3v) is 4.83. The van der Waals surface area contributed by atoms with Crippen molar-refractivity contribution in [1.29, 1.82) is 0 Å². The number of hydrogen-bond donors (Lipinski definition) is 1. The average molecular weight is 324 g/mol. The van der Waals surface area contributed by atoms with E-state index in [0.717, 1.165) is 23.5 Å². The predicted molar refractivity (Wildman–Crippen MR) is 77.6 cm³/mol. The molecule has 0 bridgehead atoms. The quantitative estimate of drug-likeness (QED) is 0.854. The average Bonchev–Trinajstić information content (AvgIpc) is 2.81. The molecule has 0 aliphatic carbocycles. The van der Waals surface area contributed by atoms with Crippen molar-refractivity contribution >= 4 is 31.6 Å². The van der Waals surface area contributed by atoms with E-state index in [1.165, 1.54) is 0 Å². The number of hydrogen-bond acceptors (Lipinski definition) is 4. The van der Waals surface area contributed by atoms with Crippen LogP contribution in [-0.4, -0.2) is 31.8 Å². The fourth-order valence-corrected chi connectivity index (χ4v) is 4.05. The standard InChI is InChI=1S/C14H19N3OSe/c1-13(2)8-11(14(3,4)18-13)15-9-6-5-7-10-12(9)17-19-16-10/h5-7,11,15H,8H2,1-4H3. The fourth-order valence-electron chi connectivity index (χ4n) is 2.90. The number of anilines is 1. The van der Waals surface area contributed by atoms with Gasteiger partial charge in [-0.1, -0.05) is 0 Å². The molecule has 0 aromatic heterocycles. The molecule has 1 saturated heterocycles. The van der Waals surface area contributed by atoms with Crippen LogP contribution in [0.25, 0.3) is 0 Å². The van der Waals surface area contributed by atoms with E-state index in [1.807, 2.05) is 12.1 Å². The summed E-state index contributed by atoms with van der Waals surface area (Å²) in [6.45, 7) is 8.59. The van der Waals surface area contributed by atoms with E-state index in [1.54, 1.807) is 0 Å². The van der Waals surface area contributed by atoms with Crippen molar-refractivity contribution in [2.24, 2.45) is 7.92 Å². The first-order valence-electron chi connectivity index (χ1n) is 6.55. The van der Waals surface area contributed by atoms with Crippen molar-refractivity contribution in [2.75, 3.05) is 5.32 Å². The molecule has 2 aliphatic heterocycles. The third-order valence-electron chi connectivity index (χ3n) is 3.69. The van der Waals surface area contributed by atoms with Crippen molar-refractivity contribution < 1.29 is 4.74 Å². The number of rotatable bonds is 2. The van der Waals surface area contributed by atoms with Gasteiger partial charge in [0.25, 0.3) is 0 Å². The van der Waals surface area contributed by atoms with E-state index in [4.69, 9.17) is 4.74 Å². The molecule has 2 heterocycles. The second-order valence-electron chi connectivity index (χ2n) is 6.30. The van der Waals surface area contributed by atoms with E-state index in [-0.39, 0.29) is 31.8 Å². The predicted octanol–water partition coefficient (Wildman–Crippen LogP) is 3.79. The molecule has 1 N–H and O–H groups in total. The Balaban J connectivity index is 1.87. The Morgan fingerprint density at radius 2 is 2.05 bits per heavy atom. The van der Waals surface area contributed by atoms with Gasteiger partial charge in [0, 0.05) is 0 Å². The molecular formula is C14H19N3OSe. The number of nitrogens with zero attached hydrogens (tertiary/aromatic N) is 2. The van der Waals surface area contributed by atoms with Crippen molar-refractivity contribution in [3.63, 3.8) is 0 Å². The van der Waals surface area contributed by atoms with Crippen molar-refractivity contribution in [3.05, 3.63) is 18.2 Å². The van der Waals surface area contributed by atoms with Gasteiger partial charge in [-0.3, -0.25) is 0 Å². The number of ether oxygens (including phenoxy) is 1. The Labute approximate surface area is 119 Å². The Hall–Kier alpha value is -0.901. The van der Waals surface area contributed by atoms with Gasteiger partial charge >= 0.3 is 119 Å². The summed E-state index contributed by atoms with van der Waals surface area (Å²) in [7, 11) is 0. The van der Waals surface area contributed by atoms with Crippen LogP contribution in [-0.2, 0) is 4.74 Å². The Bertz CT molecular complexity index is 588. The molecule has 3 rings (SSSR count). The molecule has 5 heteroatoms. The van der Waals surface area contributed by atoms with Gasteiger partial charge in [0.1, 0.15) is 0 Å². The SMILES string of the molecule is CC1(C)CC(Nc2cccc3c2N=[Se]=N3)C(C)(C)O1. The third kappa shape index (κ3) is 2.42. The monoisotopic (exact) mass is 325 g/mol. The molecule has 4 nitrogen and oxygen atoms in total. The molecule has 1 unspecified atom stereocenters.